The molecule has 1 atom stereocenters. The average Bonchev–Trinajstić information content (AvgIpc) is 3.02. The largest absolute Gasteiger partial charge is 0.497 e. The smallest absolute Gasteiger partial charge is 0.264 e. The lowest BCUT2D eigenvalue weighted by Gasteiger charge is -2.35. The number of amides is 2. The van der Waals surface area contributed by atoms with E-state index < -0.39 is 34.1 Å². The topological polar surface area (TPSA) is 96.0 Å². The highest BCUT2D eigenvalue weighted by molar-refractivity contribution is 7.92. The third-order valence-electron chi connectivity index (χ3n) is 7.06. The molecule has 0 radical (unpaired) electrons. The molecule has 8 nitrogen and oxygen atoms in total. The summed E-state index contributed by atoms with van der Waals surface area (Å²) in [5.41, 5.74) is 1.16. The van der Waals surface area contributed by atoms with Gasteiger partial charge in [0.15, 0.2) is 0 Å². The van der Waals surface area contributed by atoms with E-state index in [1.807, 2.05) is 51.1 Å². The molecule has 0 aliphatic carbocycles. The van der Waals surface area contributed by atoms with Crippen molar-refractivity contribution in [3.05, 3.63) is 124 Å². The molecular formula is C35H37Cl2N3O5S. The summed E-state index contributed by atoms with van der Waals surface area (Å²) in [6.45, 7) is 5.00. The van der Waals surface area contributed by atoms with Gasteiger partial charge in [0.25, 0.3) is 10.0 Å². The number of carbonyl (C=O) groups excluding carboxylic acids is 2. The van der Waals surface area contributed by atoms with Crippen LogP contribution in [0.4, 0.5) is 5.69 Å². The molecule has 4 rings (SSSR count). The zero-order valence-electron chi connectivity index (χ0n) is 26.1. The second-order valence-electron chi connectivity index (χ2n) is 11.8. The van der Waals surface area contributed by atoms with Gasteiger partial charge in [0.1, 0.15) is 18.3 Å². The fourth-order valence-electron chi connectivity index (χ4n) is 4.83. The Labute approximate surface area is 280 Å². The molecule has 0 unspecified atom stereocenters. The number of nitrogens with zero attached hydrogens (tertiary/aromatic N) is 2. The molecule has 0 bridgehead atoms. The predicted molar refractivity (Wildman–Crippen MR) is 183 cm³/mol. The number of rotatable bonds is 12. The van der Waals surface area contributed by atoms with E-state index in [-0.39, 0.29) is 29.5 Å². The van der Waals surface area contributed by atoms with Crippen LogP contribution in [-0.2, 0) is 32.6 Å². The second kappa shape index (κ2) is 15.0. The van der Waals surface area contributed by atoms with Gasteiger partial charge in [0.2, 0.25) is 11.8 Å². The predicted octanol–water partition coefficient (Wildman–Crippen LogP) is 6.75. The maximum absolute atomic E-state index is 14.5. The summed E-state index contributed by atoms with van der Waals surface area (Å²) in [5, 5.41) is 3.83. The number of nitrogens with one attached hydrogen (secondary N) is 1. The van der Waals surface area contributed by atoms with Gasteiger partial charge in [0, 0.05) is 28.5 Å². The fraction of sp³-hybridized carbons (Fsp3) is 0.257. The van der Waals surface area contributed by atoms with Gasteiger partial charge >= 0.3 is 0 Å². The summed E-state index contributed by atoms with van der Waals surface area (Å²) in [6.07, 6.45) is 0.199. The molecule has 2 amide bonds. The molecule has 4 aromatic rings. The summed E-state index contributed by atoms with van der Waals surface area (Å²) in [6, 6.07) is 27.5. The number of sulfonamides is 1. The van der Waals surface area contributed by atoms with Crippen LogP contribution in [0.5, 0.6) is 5.75 Å². The zero-order valence-corrected chi connectivity index (χ0v) is 28.4. The van der Waals surface area contributed by atoms with E-state index in [2.05, 4.69) is 5.32 Å². The first kappa shape index (κ1) is 34.8. The van der Waals surface area contributed by atoms with Gasteiger partial charge < -0.3 is 15.0 Å². The number of methoxy groups -OCH3 is 1. The normalized spacial score (nSPS) is 12.2. The van der Waals surface area contributed by atoms with Gasteiger partial charge in [0.05, 0.1) is 17.7 Å². The summed E-state index contributed by atoms with van der Waals surface area (Å²) >= 11 is 12.4. The van der Waals surface area contributed by atoms with Crippen LogP contribution < -0.4 is 14.4 Å². The molecule has 0 aliphatic heterocycles. The van der Waals surface area contributed by atoms with Crippen LogP contribution in [0.1, 0.15) is 31.9 Å². The minimum Gasteiger partial charge on any atom is -0.497 e. The molecule has 0 aromatic heterocycles. The molecule has 242 valence electrons. The molecule has 0 saturated carbocycles. The van der Waals surface area contributed by atoms with E-state index in [0.717, 1.165) is 9.87 Å². The molecule has 0 spiro atoms. The quantitative estimate of drug-likeness (QED) is 0.178. The molecule has 11 heteroatoms. The van der Waals surface area contributed by atoms with Crippen LogP contribution in [-0.4, -0.2) is 50.4 Å². The van der Waals surface area contributed by atoms with Crippen molar-refractivity contribution in [2.75, 3.05) is 18.0 Å². The van der Waals surface area contributed by atoms with E-state index in [1.54, 1.807) is 42.5 Å². The SMILES string of the molecule is COc1ccc(S(=O)(=O)N(CC(=O)N(Cc2ccc(Cl)cc2)[C@@H](Cc2ccccc2)C(=O)NC(C)(C)C)c2cccc(Cl)c2)cc1. The van der Waals surface area contributed by atoms with E-state index >= 15 is 0 Å². The number of hydrogen-bond acceptors (Lipinski definition) is 5. The first-order valence-electron chi connectivity index (χ1n) is 14.6. The lowest BCUT2D eigenvalue weighted by Crippen LogP contribution is -2.56. The lowest BCUT2D eigenvalue weighted by molar-refractivity contribution is -0.140. The van der Waals surface area contributed by atoms with Crippen molar-refractivity contribution in [2.24, 2.45) is 0 Å². The van der Waals surface area contributed by atoms with Crippen LogP contribution in [0.25, 0.3) is 0 Å². The Kier molecular flexibility index (Phi) is 11.4. The van der Waals surface area contributed by atoms with Crippen molar-refractivity contribution >= 4 is 50.7 Å². The monoisotopic (exact) mass is 681 g/mol. The van der Waals surface area contributed by atoms with E-state index in [4.69, 9.17) is 27.9 Å². The Morgan fingerprint density at radius 2 is 1.48 bits per heavy atom. The number of halogens is 2. The Bertz CT molecular complexity index is 1740. The summed E-state index contributed by atoms with van der Waals surface area (Å²) in [5.74, 6) is -0.477. The molecule has 0 saturated heterocycles. The summed E-state index contributed by atoms with van der Waals surface area (Å²) in [4.78, 5) is 29.9. The Balaban J connectivity index is 1.81. The van der Waals surface area contributed by atoms with E-state index in [0.29, 0.717) is 21.4 Å². The molecule has 46 heavy (non-hydrogen) atoms. The van der Waals surface area contributed by atoms with Gasteiger partial charge in [-0.3, -0.25) is 13.9 Å². The Morgan fingerprint density at radius 3 is 2.07 bits per heavy atom. The maximum Gasteiger partial charge on any atom is 0.264 e. The van der Waals surface area contributed by atoms with Gasteiger partial charge in [-0.15, -0.1) is 0 Å². The number of carbonyl (C=O) groups is 2. The lowest BCUT2D eigenvalue weighted by atomic mass is 10.0. The van der Waals surface area contributed by atoms with Crippen LogP contribution in [0.15, 0.2) is 108 Å². The van der Waals surface area contributed by atoms with Gasteiger partial charge in [-0.25, -0.2) is 8.42 Å². The highest BCUT2D eigenvalue weighted by Crippen LogP contribution is 2.28. The summed E-state index contributed by atoms with van der Waals surface area (Å²) < 4.78 is 34.5. The molecular weight excluding hydrogens is 645 g/mol. The number of ether oxygens (including phenoxy) is 1. The highest BCUT2D eigenvalue weighted by atomic mass is 35.5. The summed E-state index contributed by atoms with van der Waals surface area (Å²) in [7, 11) is -2.80. The number of anilines is 1. The molecule has 0 heterocycles. The minimum atomic E-state index is -4.28. The third-order valence-corrected chi connectivity index (χ3v) is 9.33. The van der Waals surface area contributed by atoms with Crippen LogP contribution in [0.3, 0.4) is 0 Å². The zero-order chi connectivity index (χ0) is 33.5. The van der Waals surface area contributed by atoms with Crippen molar-refractivity contribution < 1.29 is 22.7 Å². The third kappa shape index (κ3) is 9.25. The molecule has 0 aliphatic rings. The van der Waals surface area contributed by atoms with Crippen LogP contribution in [0, 0.1) is 0 Å². The average molecular weight is 683 g/mol. The van der Waals surface area contributed by atoms with Crippen molar-refractivity contribution in [3.63, 3.8) is 0 Å². The minimum absolute atomic E-state index is 0.0248. The van der Waals surface area contributed by atoms with Crippen molar-refractivity contribution in [1.29, 1.82) is 0 Å². The van der Waals surface area contributed by atoms with Crippen LogP contribution >= 0.6 is 23.2 Å². The highest BCUT2D eigenvalue weighted by Gasteiger charge is 2.35. The van der Waals surface area contributed by atoms with Crippen molar-refractivity contribution in [3.8, 4) is 5.75 Å². The van der Waals surface area contributed by atoms with Gasteiger partial charge in [-0.2, -0.15) is 0 Å². The molecule has 1 N–H and O–H groups in total. The molecule has 4 aromatic carbocycles. The number of hydrogen-bond donors (Lipinski definition) is 1. The Morgan fingerprint density at radius 1 is 0.826 bits per heavy atom. The van der Waals surface area contributed by atoms with Gasteiger partial charge in [-0.05, 0) is 86.5 Å². The standard InChI is InChI=1S/C35H37Cl2N3O5S/c1-35(2,3)38-34(42)32(21-25-9-6-5-7-10-25)39(23-26-13-15-27(36)16-14-26)33(41)24-40(29-12-8-11-28(37)22-29)46(43,44)31-19-17-30(45-4)18-20-31/h5-20,22,32H,21,23-24H2,1-4H3,(H,38,42)/t32-/m0/s1. The van der Waals surface area contributed by atoms with E-state index in [1.165, 1.54) is 42.3 Å². The maximum atomic E-state index is 14.5. The van der Waals surface area contributed by atoms with Crippen LogP contribution in [0.2, 0.25) is 10.0 Å². The first-order valence-corrected chi connectivity index (χ1v) is 16.8. The second-order valence-corrected chi connectivity index (χ2v) is 14.5. The number of benzene rings is 4. The van der Waals surface area contributed by atoms with E-state index in [9.17, 15) is 18.0 Å². The fourth-order valence-corrected chi connectivity index (χ4v) is 6.54. The molecule has 0 fully saturated rings. The Hall–Kier alpha value is -4.05. The van der Waals surface area contributed by atoms with Crippen molar-refractivity contribution in [2.45, 2.75) is 50.2 Å². The van der Waals surface area contributed by atoms with Gasteiger partial charge in [-0.1, -0.05) is 71.7 Å². The van der Waals surface area contributed by atoms with Crippen molar-refractivity contribution in [1.82, 2.24) is 10.2 Å². The first-order chi connectivity index (χ1) is 21.8.